The van der Waals surface area contributed by atoms with Crippen molar-refractivity contribution in [2.24, 2.45) is 0 Å². The van der Waals surface area contributed by atoms with Crippen LogP contribution in [0.25, 0.3) is 0 Å². The number of nitrogens with zero attached hydrogens (tertiary/aromatic N) is 2. The highest BCUT2D eigenvalue weighted by molar-refractivity contribution is 7.92. The fourth-order valence-corrected chi connectivity index (χ4v) is 6.70. The van der Waals surface area contributed by atoms with Crippen molar-refractivity contribution in [1.82, 2.24) is 4.31 Å². The maximum absolute atomic E-state index is 12.9. The first kappa shape index (κ1) is 18.6. The van der Waals surface area contributed by atoms with Gasteiger partial charge in [0.15, 0.2) is 0 Å². The molecule has 0 N–H and O–H groups in total. The Morgan fingerprint density at radius 3 is 2.32 bits per heavy atom. The largest absolute Gasteiger partial charge is 0.379 e. The van der Waals surface area contributed by atoms with Gasteiger partial charge >= 0.3 is 0 Å². The van der Waals surface area contributed by atoms with Crippen LogP contribution in [0.1, 0.15) is 24.0 Å². The third-order valence-electron chi connectivity index (χ3n) is 4.70. The van der Waals surface area contributed by atoms with E-state index in [0.29, 0.717) is 56.1 Å². The highest BCUT2D eigenvalue weighted by Gasteiger charge is 2.31. The molecule has 7 nitrogen and oxygen atoms in total. The highest BCUT2D eigenvalue weighted by Crippen LogP contribution is 2.32. The zero-order valence-corrected chi connectivity index (χ0v) is 16.2. The molecular formula is C16H24N2O5S2. The standard InChI is InChI=1S/C16H24N2O5S2/c1-13-12-16(25(21,22)17-6-8-23-9-7-17)14(2)11-15(13)18-5-3-4-10-24(18,19)20/h11-12H,3-10H2,1-2H3. The average molecular weight is 389 g/mol. The van der Waals surface area contributed by atoms with E-state index in [9.17, 15) is 16.8 Å². The van der Waals surface area contributed by atoms with Crippen LogP contribution in [0.3, 0.4) is 0 Å². The van der Waals surface area contributed by atoms with Crippen LogP contribution in [0.15, 0.2) is 17.0 Å². The second kappa shape index (κ2) is 6.86. The van der Waals surface area contributed by atoms with Gasteiger partial charge in [0, 0.05) is 19.6 Å². The van der Waals surface area contributed by atoms with Crippen molar-refractivity contribution in [3.8, 4) is 0 Å². The number of morpholine rings is 1. The molecule has 0 spiro atoms. The molecule has 0 radical (unpaired) electrons. The van der Waals surface area contributed by atoms with Crippen molar-refractivity contribution in [1.29, 1.82) is 0 Å². The first-order chi connectivity index (χ1) is 11.7. The molecule has 2 heterocycles. The van der Waals surface area contributed by atoms with Crippen molar-refractivity contribution in [3.63, 3.8) is 0 Å². The van der Waals surface area contributed by atoms with Crippen molar-refractivity contribution in [3.05, 3.63) is 23.3 Å². The Balaban J connectivity index is 2.00. The molecule has 25 heavy (non-hydrogen) atoms. The molecule has 9 heteroatoms. The van der Waals surface area contributed by atoms with Crippen molar-refractivity contribution < 1.29 is 21.6 Å². The van der Waals surface area contributed by atoms with E-state index in [2.05, 4.69) is 0 Å². The molecule has 0 aromatic heterocycles. The molecule has 2 aliphatic rings. The van der Waals surface area contributed by atoms with E-state index >= 15 is 0 Å². The van der Waals surface area contributed by atoms with E-state index in [4.69, 9.17) is 4.74 Å². The minimum absolute atomic E-state index is 0.138. The minimum Gasteiger partial charge on any atom is -0.379 e. The molecule has 1 aromatic carbocycles. The minimum atomic E-state index is -3.61. The molecule has 0 saturated carbocycles. The number of benzene rings is 1. The number of hydrogen-bond donors (Lipinski definition) is 0. The third kappa shape index (κ3) is 3.55. The van der Waals surface area contributed by atoms with Crippen molar-refractivity contribution in [2.75, 3.05) is 42.9 Å². The fraction of sp³-hybridized carbons (Fsp3) is 0.625. The summed E-state index contributed by atoms with van der Waals surface area (Å²) in [5.74, 6) is 0.138. The topological polar surface area (TPSA) is 84.0 Å². The molecule has 2 aliphatic heterocycles. The molecular weight excluding hydrogens is 364 g/mol. The summed E-state index contributed by atoms with van der Waals surface area (Å²) >= 11 is 0. The van der Waals surface area contributed by atoms with Crippen LogP contribution in [0.4, 0.5) is 5.69 Å². The van der Waals surface area contributed by atoms with E-state index in [1.165, 1.54) is 8.61 Å². The monoisotopic (exact) mass is 388 g/mol. The second-order valence-corrected chi connectivity index (χ2v) is 10.4. The van der Waals surface area contributed by atoms with Crippen LogP contribution in [0.2, 0.25) is 0 Å². The first-order valence-electron chi connectivity index (χ1n) is 8.43. The zero-order chi connectivity index (χ0) is 18.2. The Bertz CT molecular complexity index is 859. The van der Waals surface area contributed by atoms with Gasteiger partial charge in [-0.2, -0.15) is 4.31 Å². The van der Waals surface area contributed by atoms with Crippen LogP contribution in [0, 0.1) is 13.8 Å². The molecule has 0 unspecified atom stereocenters. The number of rotatable bonds is 3. The molecule has 2 saturated heterocycles. The quantitative estimate of drug-likeness (QED) is 0.778. The summed E-state index contributed by atoms with van der Waals surface area (Å²) in [5.41, 5.74) is 1.80. The molecule has 0 aliphatic carbocycles. The summed E-state index contributed by atoms with van der Waals surface area (Å²) in [5, 5.41) is 0. The van der Waals surface area contributed by atoms with Gasteiger partial charge in [-0.05, 0) is 49.9 Å². The number of ether oxygens (including phenoxy) is 1. The van der Waals surface area contributed by atoms with E-state index in [0.717, 1.165) is 6.42 Å². The van der Waals surface area contributed by atoms with E-state index < -0.39 is 20.0 Å². The Morgan fingerprint density at radius 1 is 1.00 bits per heavy atom. The number of anilines is 1. The lowest BCUT2D eigenvalue weighted by Gasteiger charge is -2.31. The predicted octanol–water partition coefficient (Wildman–Crippen LogP) is 1.25. The molecule has 0 bridgehead atoms. The Labute approximate surface area is 149 Å². The van der Waals surface area contributed by atoms with Gasteiger partial charge < -0.3 is 4.74 Å². The van der Waals surface area contributed by atoms with E-state index in [-0.39, 0.29) is 10.6 Å². The molecule has 0 amide bonds. The van der Waals surface area contributed by atoms with Crippen LogP contribution in [0.5, 0.6) is 0 Å². The van der Waals surface area contributed by atoms with Gasteiger partial charge in [0.1, 0.15) is 0 Å². The normalized spacial score (nSPS) is 22.1. The molecule has 3 rings (SSSR count). The lowest BCUT2D eigenvalue weighted by Crippen LogP contribution is -2.41. The van der Waals surface area contributed by atoms with Gasteiger partial charge in [0.05, 0.1) is 29.5 Å². The second-order valence-electron chi connectivity index (χ2n) is 6.52. The summed E-state index contributed by atoms with van der Waals surface area (Å²) in [4.78, 5) is 0.241. The van der Waals surface area contributed by atoms with Gasteiger partial charge in [-0.15, -0.1) is 0 Å². The first-order valence-corrected chi connectivity index (χ1v) is 11.5. The maximum atomic E-state index is 12.9. The van der Waals surface area contributed by atoms with Crippen LogP contribution in [-0.2, 0) is 24.8 Å². The predicted molar refractivity (Wildman–Crippen MR) is 95.9 cm³/mol. The summed E-state index contributed by atoms with van der Waals surface area (Å²) < 4.78 is 58.6. The zero-order valence-electron chi connectivity index (χ0n) is 14.6. The highest BCUT2D eigenvalue weighted by atomic mass is 32.2. The van der Waals surface area contributed by atoms with Gasteiger partial charge in [0.2, 0.25) is 20.0 Å². The van der Waals surface area contributed by atoms with Gasteiger partial charge in [-0.1, -0.05) is 0 Å². The molecule has 1 aromatic rings. The summed E-state index contributed by atoms with van der Waals surface area (Å²) in [6, 6.07) is 3.28. The van der Waals surface area contributed by atoms with Crippen molar-refractivity contribution in [2.45, 2.75) is 31.6 Å². The smallest absolute Gasteiger partial charge is 0.243 e. The summed E-state index contributed by atoms with van der Waals surface area (Å²) in [6.07, 6.45) is 1.48. The van der Waals surface area contributed by atoms with E-state index in [1.807, 2.05) is 0 Å². The number of aryl methyl sites for hydroxylation is 2. The number of hydrogen-bond acceptors (Lipinski definition) is 5. The van der Waals surface area contributed by atoms with E-state index in [1.54, 1.807) is 26.0 Å². The maximum Gasteiger partial charge on any atom is 0.243 e. The van der Waals surface area contributed by atoms with Crippen molar-refractivity contribution >= 4 is 25.7 Å². The molecule has 0 atom stereocenters. The van der Waals surface area contributed by atoms with Gasteiger partial charge in [-0.3, -0.25) is 4.31 Å². The molecule has 140 valence electrons. The third-order valence-corrected chi connectivity index (χ3v) is 8.60. The van der Waals surface area contributed by atoms with Gasteiger partial charge in [-0.25, -0.2) is 16.8 Å². The Hall–Kier alpha value is -1.16. The fourth-order valence-electron chi connectivity index (χ4n) is 3.31. The Morgan fingerprint density at radius 2 is 1.68 bits per heavy atom. The van der Waals surface area contributed by atoms with Gasteiger partial charge in [0.25, 0.3) is 0 Å². The lowest BCUT2D eigenvalue weighted by molar-refractivity contribution is 0.0730. The summed E-state index contributed by atoms with van der Waals surface area (Å²) in [7, 11) is -6.93. The van der Waals surface area contributed by atoms with Crippen LogP contribution in [-0.4, -0.2) is 59.7 Å². The number of sulfonamides is 2. The molecule has 2 fully saturated rings. The lowest BCUT2D eigenvalue weighted by atomic mass is 10.1. The van der Waals surface area contributed by atoms with Crippen LogP contribution < -0.4 is 4.31 Å². The average Bonchev–Trinajstić information content (AvgIpc) is 2.57. The Kier molecular flexibility index (Phi) is 5.11. The summed E-state index contributed by atoms with van der Waals surface area (Å²) in [6.45, 7) is 5.37. The van der Waals surface area contributed by atoms with Crippen LogP contribution >= 0.6 is 0 Å². The SMILES string of the molecule is Cc1cc(S(=O)(=O)N2CCOCC2)c(C)cc1N1CCCCS1(=O)=O.